The third-order valence-corrected chi connectivity index (χ3v) is 13.5. The van der Waals surface area contributed by atoms with Crippen molar-refractivity contribution >= 4 is 52.5 Å². The molecule has 0 aromatic heterocycles. The lowest BCUT2D eigenvalue weighted by atomic mass is 9.49. The standard InChI is InChI=1S/C45H50ClN7O6/c1-44(2)42(45(3,4)43(44)59-31-13-10-29(25-47)33(46)24-31)49-38(55)28-8-11-30(12-9-28)51-22-20-50(21-23-51)26-27-16-18-52(19-17-27)34-7-5-6-32-37(34)41(58)53(40(32)57)35-14-15-36(54)48-39(35)56/h5-13,24,27,35,42-43H,14-23,26H2,1-4H3,(H,49,55)(H,48,54,56). The van der Waals surface area contributed by atoms with E-state index in [4.69, 9.17) is 16.3 Å². The molecule has 8 rings (SSSR count). The molecule has 0 radical (unpaired) electrons. The monoisotopic (exact) mass is 819 g/mol. The Labute approximate surface area is 349 Å². The molecule has 2 N–H and O–H groups in total. The SMILES string of the molecule is CC1(C)C(NC(=O)c2ccc(N3CCN(CC4CCN(c5cccc6c5C(=O)N(C5CCC(=O)NC5=O)C6=O)CC4)CC3)cc2)C(C)(C)C1Oc1ccc(C#N)c(Cl)c1. The lowest BCUT2D eigenvalue weighted by molar-refractivity contribution is -0.164. The summed E-state index contributed by atoms with van der Waals surface area (Å²) in [5.74, 6) is -0.971. The van der Waals surface area contributed by atoms with E-state index in [1.807, 2.05) is 30.3 Å². The first-order chi connectivity index (χ1) is 28.2. The molecule has 4 heterocycles. The van der Waals surface area contributed by atoms with E-state index in [1.54, 1.807) is 30.3 Å². The average Bonchev–Trinajstić information content (AvgIpc) is 3.48. The number of nitrogens with one attached hydrogen (secondary N) is 2. The van der Waals surface area contributed by atoms with E-state index in [1.165, 1.54) is 0 Å². The maximum atomic E-state index is 13.6. The second-order valence-corrected chi connectivity index (χ2v) is 18.1. The summed E-state index contributed by atoms with van der Waals surface area (Å²) in [5, 5.41) is 15.1. The van der Waals surface area contributed by atoms with E-state index in [-0.39, 0.29) is 41.7 Å². The predicted molar refractivity (Wildman–Crippen MR) is 223 cm³/mol. The Morgan fingerprint density at radius 3 is 2.22 bits per heavy atom. The van der Waals surface area contributed by atoms with Gasteiger partial charge in [-0.25, -0.2) is 0 Å². The van der Waals surface area contributed by atoms with Gasteiger partial charge in [0.25, 0.3) is 17.7 Å². The van der Waals surface area contributed by atoms with Gasteiger partial charge in [0.05, 0.1) is 27.4 Å². The maximum absolute atomic E-state index is 13.6. The van der Waals surface area contributed by atoms with Crippen molar-refractivity contribution in [2.75, 3.05) is 55.6 Å². The minimum Gasteiger partial charge on any atom is -0.489 e. The molecule has 3 saturated heterocycles. The van der Waals surface area contributed by atoms with Crippen LogP contribution in [0.3, 0.4) is 0 Å². The molecule has 4 aliphatic heterocycles. The van der Waals surface area contributed by atoms with Gasteiger partial charge in [-0.15, -0.1) is 0 Å². The Kier molecular flexibility index (Phi) is 10.7. The van der Waals surface area contributed by atoms with Crippen molar-refractivity contribution in [2.24, 2.45) is 16.7 Å². The summed E-state index contributed by atoms with van der Waals surface area (Å²) in [6.07, 6.45) is 1.95. The van der Waals surface area contributed by atoms with Crippen molar-refractivity contribution in [1.82, 2.24) is 20.4 Å². The number of amides is 5. The van der Waals surface area contributed by atoms with Crippen molar-refractivity contribution in [3.63, 3.8) is 0 Å². The number of nitrogens with zero attached hydrogens (tertiary/aromatic N) is 5. The first kappa shape index (κ1) is 40.3. The number of imide groups is 2. The van der Waals surface area contributed by atoms with Gasteiger partial charge in [0.1, 0.15) is 24.0 Å². The summed E-state index contributed by atoms with van der Waals surface area (Å²) in [7, 11) is 0. The minimum atomic E-state index is -0.983. The number of halogens is 1. The molecule has 5 aliphatic rings. The molecule has 5 amide bonds. The number of hydrogen-bond acceptors (Lipinski definition) is 10. The highest BCUT2D eigenvalue weighted by Gasteiger charge is 2.64. The van der Waals surface area contributed by atoms with Gasteiger partial charge < -0.3 is 19.9 Å². The number of fused-ring (bicyclic) bond motifs is 1. The van der Waals surface area contributed by atoms with Crippen LogP contribution in [0.25, 0.3) is 0 Å². The summed E-state index contributed by atoms with van der Waals surface area (Å²) in [6.45, 7) is 14.5. The third-order valence-electron chi connectivity index (χ3n) is 13.2. The molecule has 59 heavy (non-hydrogen) atoms. The number of carbonyl (C=O) groups excluding carboxylic acids is 5. The maximum Gasteiger partial charge on any atom is 0.264 e. The zero-order chi connectivity index (χ0) is 41.8. The Bertz CT molecular complexity index is 2220. The smallest absolute Gasteiger partial charge is 0.264 e. The quantitative estimate of drug-likeness (QED) is 0.273. The number of nitriles is 1. The summed E-state index contributed by atoms with van der Waals surface area (Å²) >= 11 is 6.25. The lowest BCUT2D eigenvalue weighted by Crippen LogP contribution is -2.74. The topological polar surface area (TPSA) is 155 Å². The van der Waals surface area contributed by atoms with E-state index in [9.17, 15) is 29.2 Å². The number of anilines is 2. The van der Waals surface area contributed by atoms with E-state index >= 15 is 0 Å². The van der Waals surface area contributed by atoms with Crippen LogP contribution in [0.4, 0.5) is 11.4 Å². The van der Waals surface area contributed by atoms with E-state index < -0.39 is 29.7 Å². The fourth-order valence-electron chi connectivity index (χ4n) is 10.3. The largest absolute Gasteiger partial charge is 0.489 e. The second kappa shape index (κ2) is 15.6. The molecule has 13 nitrogen and oxygen atoms in total. The van der Waals surface area contributed by atoms with Crippen molar-refractivity contribution in [1.29, 1.82) is 5.26 Å². The van der Waals surface area contributed by atoms with E-state index in [0.29, 0.717) is 38.9 Å². The minimum absolute atomic E-state index is 0.0881. The zero-order valence-corrected chi connectivity index (χ0v) is 34.7. The summed E-state index contributed by atoms with van der Waals surface area (Å²) in [4.78, 5) is 72.9. The van der Waals surface area contributed by atoms with Crippen LogP contribution in [-0.4, -0.2) is 103 Å². The molecule has 14 heteroatoms. The van der Waals surface area contributed by atoms with Gasteiger partial charge in [0.15, 0.2) is 0 Å². The van der Waals surface area contributed by atoms with Crippen LogP contribution < -0.4 is 25.2 Å². The summed E-state index contributed by atoms with van der Waals surface area (Å²) < 4.78 is 6.38. The number of ether oxygens (including phenoxy) is 1. The summed E-state index contributed by atoms with van der Waals surface area (Å²) in [5.41, 5.74) is 2.77. The highest BCUT2D eigenvalue weighted by molar-refractivity contribution is 6.31. The van der Waals surface area contributed by atoms with E-state index in [0.717, 1.165) is 74.9 Å². The van der Waals surface area contributed by atoms with Crippen LogP contribution in [0, 0.1) is 28.1 Å². The van der Waals surface area contributed by atoms with Gasteiger partial charge >= 0.3 is 0 Å². The second-order valence-electron chi connectivity index (χ2n) is 17.7. The lowest BCUT2D eigenvalue weighted by Gasteiger charge is -2.63. The van der Waals surface area contributed by atoms with Crippen LogP contribution in [0.1, 0.15) is 90.0 Å². The van der Waals surface area contributed by atoms with Gasteiger partial charge in [-0.3, -0.25) is 39.1 Å². The molecule has 1 atom stereocenters. The Morgan fingerprint density at radius 2 is 1.58 bits per heavy atom. The Hall–Kier alpha value is -5.45. The number of rotatable bonds is 9. The van der Waals surface area contributed by atoms with E-state index in [2.05, 4.69) is 59.1 Å². The molecule has 1 saturated carbocycles. The molecular formula is C45H50ClN7O6. The molecule has 1 aliphatic carbocycles. The highest BCUT2D eigenvalue weighted by Crippen LogP contribution is 2.55. The van der Waals surface area contributed by atoms with Crippen molar-refractivity contribution in [3.8, 4) is 11.8 Å². The first-order valence-corrected chi connectivity index (χ1v) is 20.9. The van der Waals surface area contributed by atoms with Crippen LogP contribution in [0.5, 0.6) is 5.75 Å². The molecule has 0 spiro atoms. The summed E-state index contributed by atoms with van der Waals surface area (Å²) in [6, 6.07) is 19.2. The fourth-order valence-corrected chi connectivity index (χ4v) is 10.5. The molecular weight excluding hydrogens is 770 g/mol. The number of piperazine rings is 1. The molecule has 308 valence electrons. The molecule has 1 unspecified atom stereocenters. The number of hydrogen-bond donors (Lipinski definition) is 2. The predicted octanol–water partition coefficient (Wildman–Crippen LogP) is 5.26. The Morgan fingerprint density at radius 1 is 0.881 bits per heavy atom. The highest BCUT2D eigenvalue weighted by atomic mass is 35.5. The molecule has 4 fully saturated rings. The van der Waals surface area contributed by atoms with Gasteiger partial charge in [-0.2, -0.15) is 5.26 Å². The van der Waals surface area contributed by atoms with Crippen LogP contribution in [0.15, 0.2) is 60.7 Å². The van der Waals surface area contributed by atoms with Gasteiger partial charge in [-0.1, -0.05) is 45.4 Å². The average molecular weight is 820 g/mol. The van der Waals surface area contributed by atoms with Crippen molar-refractivity contribution in [2.45, 2.75) is 71.6 Å². The van der Waals surface area contributed by atoms with Crippen molar-refractivity contribution < 1.29 is 28.7 Å². The van der Waals surface area contributed by atoms with Gasteiger partial charge in [-0.05, 0) is 73.7 Å². The van der Waals surface area contributed by atoms with Crippen LogP contribution >= 0.6 is 11.6 Å². The first-order valence-electron chi connectivity index (χ1n) is 20.5. The fraction of sp³-hybridized carbons (Fsp3) is 0.467. The molecule has 0 bridgehead atoms. The number of carbonyl (C=O) groups is 5. The van der Waals surface area contributed by atoms with Crippen molar-refractivity contribution in [3.05, 3.63) is 87.9 Å². The molecule has 3 aromatic rings. The normalized spacial score (nSPS) is 24.3. The van der Waals surface area contributed by atoms with Crippen LogP contribution in [-0.2, 0) is 9.59 Å². The van der Waals surface area contributed by atoms with Gasteiger partial charge in [0.2, 0.25) is 11.8 Å². The third kappa shape index (κ3) is 7.42. The molecule has 3 aromatic carbocycles. The van der Waals surface area contributed by atoms with Gasteiger partial charge in [0, 0.05) is 86.4 Å². The zero-order valence-electron chi connectivity index (χ0n) is 33.9. The Balaban J connectivity index is 0.804. The van der Waals surface area contributed by atoms with Crippen LogP contribution in [0.2, 0.25) is 5.02 Å². The number of benzene rings is 3. The number of piperidine rings is 2.